The lowest BCUT2D eigenvalue weighted by Gasteiger charge is -2.35. The molecule has 1 aliphatic heterocycles. The molecule has 1 aromatic heterocycles. The van der Waals surface area contributed by atoms with Crippen LogP contribution in [0.3, 0.4) is 0 Å². The van der Waals surface area contributed by atoms with Crippen LogP contribution in [0.4, 0.5) is 0 Å². The standard InChI is InChI=1S/C16H23ClN2O2/c1-10-8-19(9-11(2)21-10)15(20)12-6-13(16(3,4)5)18-14(17)7-12/h6-7,10-11H,8-9H2,1-5H3/t10-,11+. The third-order valence-corrected chi connectivity index (χ3v) is 3.71. The fraction of sp³-hybridized carbons (Fsp3) is 0.625. The van der Waals surface area contributed by atoms with Crippen molar-refractivity contribution in [1.29, 1.82) is 0 Å². The van der Waals surface area contributed by atoms with Crippen LogP contribution in [0.15, 0.2) is 12.1 Å². The summed E-state index contributed by atoms with van der Waals surface area (Å²) in [5.74, 6) is -0.00759. The maximum Gasteiger partial charge on any atom is 0.254 e. The van der Waals surface area contributed by atoms with Crippen molar-refractivity contribution in [3.8, 4) is 0 Å². The van der Waals surface area contributed by atoms with Crippen LogP contribution in [0, 0.1) is 0 Å². The molecule has 1 saturated heterocycles. The number of hydrogen-bond donors (Lipinski definition) is 0. The minimum absolute atomic E-state index is 0.00759. The molecule has 21 heavy (non-hydrogen) atoms. The third kappa shape index (κ3) is 3.95. The summed E-state index contributed by atoms with van der Waals surface area (Å²) in [4.78, 5) is 18.9. The van der Waals surface area contributed by atoms with Crippen LogP contribution in [-0.2, 0) is 10.2 Å². The van der Waals surface area contributed by atoms with Gasteiger partial charge in [0, 0.05) is 29.8 Å². The molecule has 0 spiro atoms. The lowest BCUT2D eigenvalue weighted by molar-refractivity contribution is -0.0586. The lowest BCUT2D eigenvalue weighted by Crippen LogP contribution is -2.48. The summed E-state index contributed by atoms with van der Waals surface area (Å²) in [6, 6.07) is 3.49. The van der Waals surface area contributed by atoms with Crippen molar-refractivity contribution >= 4 is 17.5 Å². The van der Waals surface area contributed by atoms with Gasteiger partial charge in [-0.2, -0.15) is 0 Å². The van der Waals surface area contributed by atoms with Crippen molar-refractivity contribution < 1.29 is 9.53 Å². The average Bonchev–Trinajstić information content (AvgIpc) is 2.35. The van der Waals surface area contributed by atoms with Crippen molar-refractivity contribution in [3.05, 3.63) is 28.5 Å². The first-order valence-corrected chi connectivity index (χ1v) is 7.67. The Kier molecular flexibility index (Phi) is 4.59. The first kappa shape index (κ1) is 16.2. The van der Waals surface area contributed by atoms with Crippen molar-refractivity contribution in [1.82, 2.24) is 9.88 Å². The number of halogens is 1. The molecule has 2 atom stereocenters. The van der Waals surface area contributed by atoms with E-state index in [2.05, 4.69) is 25.8 Å². The van der Waals surface area contributed by atoms with Gasteiger partial charge in [-0.05, 0) is 26.0 Å². The number of nitrogens with zero attached hydrogens (tertiary/aromatic N) is 2. The van der Waals surface area contributed by atoms with Gasteiger partial charge in [-0.25, -0.2) is 4.98 Å². The van der Waals surface area contributed by atoms with E-state index in [0.29, 0.717) is 23.8 Å². The summed E-state index contributed by atoms with van der Waals surface area (Å²) in [5, 5.41) is 0.361. The highest BCUT2D eigenvalue weighted by Gasteiger charge is 2.28. The van der Waals surface area contributed by atoms with Crippen molar-refractivity contribution in [2.75, 3.05) is 13.1 Å². The van der Waals surface area contributed by atoms with Gasteiger partial charge in [-0.15, -0.1) is 0 Å². The highest BCUT2D eigenvalue weighted by atomic mass is 35.5. The van der Waals surface area contributed by atoms with Gasteiger partial charge in [0.15, 0.2) is 0 Å². The van der Waals surface area contributed by atoms with Crippen LogP contribution in [-0.4, -0.2) is 41.1 Å². The van der Waals surface area contributed by atoms with Crippen LogP contribution < -0.4 is 0 Å². The second-order valence-corrected chi connectivity index (χ2v) is 7.17. The van der Waals surface area contributed by atoms with Gasteiger partial charge in [0.1, 0.15) is 5.15 Å². The van der Waals surface area contributed by atoms with Crippen molar-refractivity contribution in [3.63, 3.8) is 0 Å². The molecule has 1 fully saturated rings. The molecule has 0 N–H and O–H groups in total. The molecule has 1 aliphatic rings. The van der Waals surface area contributed by atoms with Crippen LogP contribution in [0.1, 0.15) is 50.7 Å². The molecule has 2 heterocycles. The number of carbonyl (C=O) groups is 1. The van der Waals surface area contributed by atoms with Crippen LogP contribution in [0.5, 0.6) is 0 Å². The Morgan fingerprint density at radius 3 is 2.38 bits per heavy atom. The summed E-state index contributed by atoms with van der Waals surface area (Å²) in [6.07, 6.45) is 0.106. The Labute approximate surface area is 131 Å². The predicted molar refractivity (Wildman–Crippen MR) is 83.9 cm³/mol. The molecule has 2 rings (SSSR count). The molecular formula is C16H23ClN2O2. The van der Waals surface area contributed by atoms with E-state index >= 15 is 0 Å². The Bertz CT molecular complexity index is 530. The number of ether oxygens (including phenoxy) is 1. The summed E-state index contributed by atoms with van der Waals surface area (Å²) in [7, 11) is 0. The van der Waals surface area contributed by atoms with Gasteiger partial charge >= 0.3 is 0 Å². The SMILES string of the molecule is C[C@@H]1CN(C(=O)c2cc(Cl)nc(C(C)(C)C)c2)C[C@H](C)O1. The van der Waals surface area contributed by atoms with E-state index in [1.54, 1.807) is 6.07 Å². The third-order valence-electron chi connectivity index (χ3n) is 3.52. The monoisotopic (exact) mass is 310 g/mol. The molecule has 116 valence electrons. The predicted octanol–water partition coefficient (Wildman–Crippen LogP) is 3.28. The Hall–Kier alpha value is -1.13. The van der Waals surface area contributed by atoms with Crippen LogP contribution in [0.25, 0.3) is 0 Å². The van der Waals surface area contributed by atoms with Gasteiger partial charge in [0.2, 0.25) is 0 Å². The number of morpholine rings is 1. The number of aromatic nitrogens is 1. The van der Waals surface area contributed by atoms with E-state index in [0.717, 1.165) is 5.69 Å². The minimum atomic E-state index is -0.147. The van der Waals surface area contributed by atoms with Gasteiger partial charge in [0.05, 0.1) is 12.2 Å². The van der Waals surface area contributed by atoms with Gasteiger partial charge in [-0.1, -0.05) is 32.4 Å². The van der Waals surface area contributed by atoms with Gasteiger partial charge in [0.25, 0.3) is 5.91 Å². The first-order valence-electron chi connectivity index (χ1n) is 7.29. The van der Waals surface area contributed by atoms with Gasteiger partial charge in [-0.3, -0.25) is 4.79 Å². The molecule has 0 saturated carbocycles. The lowest BCUT2D eigenvalue weighted by atomic mass is 9.90. The molecule has 0 radical (unpaired) electrons. The molecule has 1 amide bonds. The number of carbonyl (C=O) groups excluding carboxylic acids is 1. The second-order valence-electron chi connectivity index (χ2n) is 6.78. The topological polar surface area (TPSA) is 42.4 Å². The van der Waals surface area contributed by atoms with Crippen LogP contribution >= 0.6 is 11.6 Å². The quantitative estimate of drug-likeness (QED) is 0.748. The molecular weight excluding hydrogens is 288 g/mol. The Morgan fingerprint density at radius 2 is 1.86 bits per heavy atom. The van der Waals surface area contributed by atoms with E-state index in [9.17, 15) is 4.79 Å². The Morgan fingerprint density at radius 1 is 1.29 bits per heavy atom. The minimum Gasteiger partial charge on any atom is -0.372 e. The van der Waals surface area contributed by atoms with E-state index < -0.39 is 0 Å². The van der Waals surface area contributed by atoms with Crippen molar-refractivity contribution in [2.24, 2.45) is 0 Å². The summed E-state index contributed by atoms with van der Waals surface area (Å²) < 4.78 is 5.67. The van der Waals surface area contributed by atoms with Crippen molar-refractivity contribution in [2.45, 2.75) is 52.2 Å². The first-order chi connectivity index (χ1) is 9.66. The van der Waals surface area contributed by atoms with E-state index in [1.807, 2.05) is 24.8 Å². The fourth-order valence-electron chi connectivity index (χ4n) is 2.53. The molecule has 4 nitrogen and oxygen atoms in total. The largest absolute Gasteiger partial charge is 0.372 e. The summed E-state index contributed by atoms with van der Waals surface area (Å²) in [6.45, 7) is 11.3. The normalized spacial score (nSPS) is 23.2. The Balaban J connectivity index is 2.29. The van der Waals surface area contributed by atoms with E-state index in [1.165, 1.54) is 0 Å². The fourth-order valence-corrected chi connectivity index (χ4v) is 2.74. The smallest absolute Gasteiger partial charge is 0.254 e. The maximum absolute atomic E-state index is 12.7. The van der Waals surface area contributed by atoms with Crippen LogP contribution in [0.2, 0.25) is 5.15 Å². The molecule has 5 heteroatoms. The zero-order valence-corrected chi connectivity index (χ0v) is 14.1. The van der Waals surface area contributed by atoms with E-state index in [4.69, 9.17) is 16.3 Å². The molecule has 1 aromatic rings. The zero-order chi connectivity index (χ0) is 15.8. The average molecular weight is 311 g/mol. The zero-order valence-electron chi connectivity index (χ0n) is 13.3. The molecule has 0 unspecified atom stereocenters. The highest BCUT2D eigenvalue weighted by Crippen LogP contribution is 2.24. The maximum atomic E-state index is 12.7. The van der Waals surface area contributed by atoms with Gasteiger partial charge < -0.3 is 9.64 Å². The second kappa shape index (κ2) is 5.93. The summed E-state index contributed by atoms with van der Waals surface area (Å²) in [5.41, 5.74) is 1.28. The summed E-state index contributed by atoms with van der Waals surface area (Å²) >= 11 is 6.09. The molecule has 0 bridgehead atoms. The number of amides is 1. The molecule has 0 aromatic carbocycles. The number of rotatable bonds is 1. The molecule has 0 aliphatic carbocycles. The highest BCUT2D eigenvalue weighted by molar-refractivity contribution is 6.29. The number of pyridine rings is 1. The number of hydrogen-bond acceptors (Lipinski definition) is 3. The van der Waals surface area contributed by atoms with E-state index in [-0.39, 0.29) is 23.5 Å².